The second-order valence-electron chi connectivity index (χ2n) is 10.9. The smallest absolute Gasteiger partial charge is 0.200 e. The van der Waals surface area contributed by atoms with Crippen molar-refractivity contribution in [1.82, 2.24) is 0 Å². The summed E-state index contributed by atoms with van der Waals surface area (Å²) in [5, 5.41) is 51.1. The van der Waals surface area contributed by atoms with Gasteiger partial charge in [-0.15, -0.1) is 0 Å². The fourth-order valence-corrected chi connectivity index (χ4v) is 3.40. The zero-order valence-corrected chi connectivity index (χ0v) is 30.4. The number of benzene rings is 7. The minimum absolute atomic E-state index is 0.0370. The molecular weight excluding hydrogens is 847 g/mol. The van der Waals surface area contributed by atoms with E-state index in [0.29, 0.717) is 12.1 Å². The Morgan fingerprint density at radius 1 is 0.246 bits per heavy atom. The molecule has 0 bridgehead atoms. The van der Waals surface area contributed by atoms with Crippen LogP contribution in [0, 0.1) is 75.6 Å². The van der Waals surface area contributed by atoms with Gasteiger partial charge in [0.15, 0.2) is 69.5 Å². The van der Waals surface area contributed by atoms with Gasteiger partial charge in [0.05, 0.1) is 0 Å². The van der Waals surface area contributed by atoms with Crippen LogP contribution < -0.4 is 0 Å². The summed E-state index contributed by atoms with van der Waals surface area (Å²) in [4.78, 5) is 0. The van der Waals surface area contributed by atoms with Crippen LogP contribution in [0.2, 0.25) is 0 Å². The molecule has 0 heterocycles. The van der Waals surface area contributed by atoms with Crippen molar-refractivity contribution < 1.29 is 87.7 Å². The van der Waals surface area contributed by atoms with Crippen LogP contribution in [0.1, 0.15) is 0 Å². The molecule has 0 aliphatic heterocycles. The normalized spacial score (nSPS) is 9.46. The van der Waals surface area contributed by atoms with E-state index < -0.39 is 98.6 Å². The highest BCUT2D eigenvalue weighted by molar-refractivity contribution is 5.26. The molecule has 0 amide bonds. The van der Waals surface area contributed by atoms with Gasteiger partial charge in [-0.25, -0.2) is 52.7 Å². The predicted molar refractivity (Wildman–Crippen MR) is 195 cm³/mol. The number of phenolic OH excluding ortho intramolecular Hbond substituents is 6. The Hall–Kier alpha value is -7.57. The summed E-state index contributed by atoms with van der Waals surface area (Å²) in [6, 6.07) is 24.2. The van der Waals surface area contributed by atoms with E-state index >= 15 is 0 Å². The lowest BCUT2D eigenvalue weighted by molar-refractivity contribution is 0.396. The van der Waals surface area contributed by atoms with Crippen molar-refractivity contribution in [2.24, 2.45) is 0 Å². The summed E-state index contributed by atoms with van der Waals surface area (Å²) in [7, 11) is 0. The van der Waals surface area contributed by atoms with Crippen LogP contribution >= 0.6 is 0 Å². The average Bonchev–Trinajstić information content (AvgIpc) is 3.18. The number of rotatable bonds is 0. The van der Waals surface area contributed by atoms with Crippen molar-refractivity contribution in [3.8, 4) is 34.5 Å². The zero-order valence-electron chi connectivity index (χ0n) is 30.4. The third kappa shape index (κ3) is 21.1. The zero-order chi connectivity index (χ0) is 46.2. The molecule has 324 valence electrons. The molecule has 0 radical (unpaired) electrons. The number of hydrogen-bond donors (Lipinski definition) is 6. The summed E-state index contributed by atoms with van der Waals surface area (Å²) in [6.45, 7) is 0. The lowest BCUT2D eigenvalue weighted by Crippen LogP contribution is -1.83. The molecule has 0 fully saturated rings. The van der Waals surface area contributed by atoms with Gasteiger partial charge in [-0.1, -0.05) is 30.3 Å². The summed E-state index contributed by atoms with van der Waals surface area (Å²) in [5.74, 6) is -14.0. The minimum atomic E-state index is -1.20. The Morgan fingerprint density at radius 2 is 0.672 bits per heavy atom. The molecule has 0 aromatic heterocycles. The van der Waals surface area contributed by atoms with Gasteiger partial charge in [-0.3, -0.25) is 0 Å². The van der Waals surface area contributed by atoms with E-state index in [1.54, 1.807) is 6.07 Å². The fraction of sp³-hybridized carbons (Fsp3) is 0. The first-order valence-corrected chi connectivity index (χ1v) is 16.1. The van der Waals surface area contributed by atoms with E-state index in [1.165, 1.54) is 48.5 Å². The second kappa shape index (κ2) is 26.4. The van der Waals surface area contributed by atoms with Crippen molar-refractivity contribution in [3.63, 3.8) is 0 Å². The Labute approximate surface area is 337 Å². The molecule has 0 aliphatic rings. The largest absolute Gasteiger partial charge is 0.508 e. The SMILES string of the molecule is Fc1ccc(F)c(F)c1.Oc1c(F)cccc1F.Oc1cc(F)cc(F)c1.Oc1cc(F)ccc1F.Oc1cccc(F)c1.Oc1cccc(F)c1F.Oc1ccccc1F. The summed E-state index contributed by atoms with van der Waals surface area (Å²) in [6.07, 6.45) is 0. The highest BCUT2D eigenvalue weighted by Gasteiger charge is 2.05. The molecule has 0 saturated heterocycles. The molecule has 0 atom stereocenters. The molecule has 6 N–H and O–H groups in total. The van der Waals surface area contributed by atoms with E-state index in [0.717, 1.165) is 72.8 Å². The quantitative estimate of drug-likeness (QED) is 0.0667. The van der Waals surface area contributed by atoms with Gasteiger partial charge in [0.2, 0.25) is 0 Å². The van der Waals surface area contributed by atoms with E-state index in [9.17, 15) is 57.1 Å². The molecular formula is C42H29F13O6. The Kier molecular flexibility index (Phi) is 22.3. The Balaban J connectivity index is 0.000000356. The molecule has 7 aromatic carbocycles. The fourth-order valence-electron chi connectivity index (χ4n) is 3.40. The lowest BCUT2D eigenvalue weighted by Gasteiger charge is -1.92. The van der Waals surface area contributed by atoms with Crippen molar-refractivity contribution in [1.29, 1.82) is 0 Å². The van der Waals surface area contributed by atoms with Crippen molar-refractivity contribution >= 4 is 0 Å². The van der Waals surface area contributed by atoms with Crippen LogP contribution in [0.4, 0.5) is 57.1 Å². The molecule has 7 aromatic rings. The van der Waals surface area contributed by atoms with Gasteiger partial charge in [0.25, 0.3) is 0 Å². The average molecular weight is 877 g/mol. The third-order valence-corrected chi connectivity index (χ3v) is 6.17. The maximum atomic E-state index is 12.1. The molecule has 0 saturated carbocycles. The number of hydrogen-bond acceptors (Lipinski definition) is 6. The maximum absolute atomic E-state index is 12.1. The van der Waals surface area contributed by atoms with Gasteiger partial charge < -0.3 is 30.6 Å². The number of para-hydroxylation sites is 2. The van der Waals surface area contributed by atoms with Crippen LogP contribution in [-0.4, -0.2) is 30.6 Å². The van der Waals surface area contributed by atoms with Gasteiger partial charge in [0.1, 0.15) is 40.6 Å². The standard InChI is InChI=1S/C6H3F3.4C6H4F2O.2C6H5FO/c7-4-1-2-5(8)6(9)3-4;7-4-1-5(8)3-6(9)2-4;7-4-1-2-5(8)6(9)3-4;7-4-2-1-3-5(9)6(4)8;7-4-2-1-3-5(8)6(4)9;7-5-2-1-3-6(8)4-5;7-5-3-1-2-4-6(5)8/h1-3H;4*1-3,9H;2*1-4,8H. The third-order valence-electron chi connectivity index (χ3n) is 6.17. The Morgan fingerprint density at radius 3 is 1.05 bits per heavy atom. The highest BCUT2D eigenvalue weighted by Crippen LogP contribution is 2.19. The minimum Gasteiger partial charge on any atom is -0.508 e. The number of halogens is 13. The topological polar surface area (TPSA) is 121 Å². The highest BCUT2D eigenvalue weighted by atomic mass is 19.2. The monoisotopic (exact) mass is 876 g/mol. The van der Waals surface area contributed by atoms with Crippen LogP contribution in [0.3, 0.4) is 0 Å². The van der Waals surface area contributed by atoms with Gasteiger partial charge in [-0.2, -0.15) is 4.39 Å². The van der Waals surface area contributed by atoms with E-state index in [2.05, 4.69) is 0 Å². The van der Waals surface area contributed by atoms with Gasteiger partial charge in [-0.05, 0) is 72.8 Å². The second-order valence-corrected chi connectivity index (χ2v) is 10.9. The molecule has 6 nitrogen and oxygen atoms in total. The van der Waals surface area contributed by atoms with E-state index in [1.807, 2.05) is 0 Å². The molecule has 61 heavy (non-hydrogen) atoms. The van der Waals surface area contributed by atoms with E-state index in [4.69, 9.17) is 30.6 Å². The molecule has 7 rings (SSSR count). The lowest BCUT2D eigenvalue weighted by atomic mass is 10.3. The number of aromatic hydroxyl groups is 6. The van der Waals surface area contributed by atoms with Crippen LogP contribution in [0.5, 0.6) is 34.5 Å². The van der Waals surface area contributed by atoms with Crippen molar-refractivity contribution in [2.45, 2.75) is 0 Å². The van der Waals surface area contributed by atoms with Crippen molar-refractivity contribution in [2.75, 3.05) is 0 Å². The molecule has 19 heteroatoms. The number of phenols is 6. The van der Waals surface area contributed by atoms with Crippen LogP contribution in [-0.2, 0) is 0 Å². The first-order valence-electron chi connectivity index (χ1n) is 16.1. The maximum Gasteiger partial charge on any atom is 0.200 e. The summed E-state index contributed by atoms with van der Waals surface area (Å²) >= 11 is 0. The summed E-state index contributed by atoms with van der Waals surface area (Å²) < 4.78 is 156. The summed E-state index contributed by atoms with van der Waals surface area (Å²) in [5.41, 5.74) is 0. The first kappa shape index (κ1) is 51.4. The van der Waals surface area contributed by atoms with Crippen LogP contribution in [0.15, 0.2) is 140 Å². The van der Waals surface area contributed by atoms with Gasteiger partial charge in [0, 0.05) is 36.4 Å². The first-order chi connectivity index (χ1) is 28.6. The van der Waals surface area contributed by atoms with Crippen molar-refractivity contribution in [3.05, 3.63) is 215 Å². The van der Waals surface area contributed by atoms with E-state index in [-0.39, 0.29) is 11.5 Å². The Bertz CT molecular complexity index is 2190. The molecule has 0 aliphatic carbocycles. The molecule has 0 spiro atoms. The molecule has 0 unspecified atom stereocenters. The van der Waals surface area contributed by atoms with Crippen LogP contribution in [0.25, 0.3) is 0 Å². The van der Waals surface area contributed by atoms with Gasteiger partial charge >= 0.3 is 0 Å². The predicted octanol–water partition coefficient (Wildman–Crippen LogP) is 11.8.